The molecule has 83 heavy (non-hydrogen) atoms. The van der Waals surface area contributed by atoms with Gasteiger partial charge in [0.25, 0.3) is 0 Å². The van der Waals surface area contributed by atoms with Crippen LogP contribution >= 0.6 is 0 Å². The van der Waals surface area contributed by atoms with Crippen molar-refractivity contribution in [3.05, 3.63) is 72.9 Å². The number of hydrogen-bond acceptors (Lipinski definition) is 10. The van der Waals surface area contributed by atoms with Crippen molar-refractivity contribution < 1.29 is 49.3 Å². The molecule has 11 heteroatoms. The maximum absolute atomic E-state index is 13.4. The number of carbonyl (C=O) groups is 2. The van der Waals surface area contributed by atoms with Crippen LogP contribution in [-0.4, -0.2) is 99.6 Å². The smallest absolute Gasteiger partial charge is 0.306 e. The van der Waals surface area contributed by atoms with Crippen LogP contribution < -0.4 is 5.32 Å². The van der Waals surface area contributed by atoms with E-state index < -0.39 is 67.4 Å². The van der Waals surface area contributed by atoms with Crippen molar-refractivity contribution in [1.29, 1.82) is 0 Å². The number of ether oxygens (including phenoxy) is 3. The molecular weight excluding hydrogens is 1040 g/mol. The molecule has 0 bridgehead atoms. The van der Waals surface area contributed by atoms with E-state index in [1.165, 1.54) is 167 Å². The molecule has 1 heterocycles. The zero-order valence-corrected chi connectivity index (χ0v) is 53.6. The summed E-state index contributed by atoms with van der Waals surface area (Å²) in [6.45, 7) is 5.75. The fourth-order valence-corrected chi connectivity index (χ4v) is 10.6. The SMILES string of the molecule is CCCCC/C=C\C/C=C\C/C=C\CCCCCCCCCCCCCCCCC(=O)OC1C(OCC(NC(=O)C(O)CCCCCCCC/C=C\C/C=C\CCCCC)C(O)/C=C/CCCCCCCCCCC)OC(CO)C(O)C1O. The molecule has 1 saturated heterocycles. The Bertz CT molecular complexity index is 1630. The van der Waals surface area contributed by atoms with Crippen molar-refractivity contribution in [2.45, 2.75) is 359 Å². The van der Waals surface area contributed by atoms with E-state index in [9.17, 15) is 35.1 Å². The fraction of sp³-hybridized carbons (Fsp3) is 0.806. The van der Waals surface area contributed by atoms with Gasteiger partial charge < -0.3 is 45.1 Å². The van der Waals surface area contributed by atoms with Gasteiger partial charge in [0.05, 0.1) is 25.4 Å². The molecule has 0 radical (unpaired) electrons. The lowest BCUT2D eigenvalue weighted by atomic mass is 9.99. The van der Waals surface area contributed by atoms with E-state index in [0.717, 1.165) is 96.3 Å². The minimum atomic E-state index is -1.62. The van der Waals surface area contributed by atoms with E-state index in [4.69, 9.17) is 14.2 Å². The van der Waals surface area contributed by atoms with Gasteiger partial charge >= 0.3 is 5.97 Å². The van der Waals surface area contributed by atoms with Crippen LogP contribution in [-0.2, 0) is 23.8 Å². The van der Waals surface area contributed by atoms with Crippen molar-refractivity contribution in [3.63, 3.8) is 0 Å². The van der Waals surface area contributed by atoms with Crippen LogP contribution in [0.3, 0.4) is 0 Å². The standard InChI is InChI=1S/C72H129NO10/c1-4-7-10-13-16-19-22-24-26-28-29-30-31-32-33-34-35-36-37-38-40-42-45-48-51-54-57-60-67(77)83-70-69(79)68(78)66(61-74)82-72(70)81-62-63(64(75)58-55-52-49-46-43-21-18-15-12-9-6-3)73-71(80)65(76)59-56-53-50-47-44-41-39-27-25-23-20-17-14-11-8-5-2/h16-17,19-20,24-27,29-30,55,58,63-66,68-70,72,74-76,78-79H,4-15,18,21-23,28,31-54,56-57,59-62H2,1-3H3,(H,73,80)/b19-16-,20-17-,26-24-,27-25-,30-29-,58-55+. The van der Waals surface area contributed by atoms with Gasteiger partial charge in [0.15, 0.2) is 12.4 Å². The predicted molar refractivity (Wildman–Crippen MR) is 347 cm³/mol. The highest BCUT2D eigenvalue weighted by Gasteiger charge is 2.47. The number of amides is 1. The van der Waals surface area contributed by atoms with Crippen molar-refractivity contribution in [1.82, 2.24) is 5.32 Å². The summed E-state index contributed by atoms with van der Waals surface area (Å²) in [6.07, 6.45) is 66.6. The summed E-state index contributed by atoms with van der Waals surface area (Å²) in [4.78, 5) is 26.6. The molecule has 1 aliphatic rings. The first-order chi connectivity index (χ1) is 40.7. The summed E-state index contributed by atoms with van der Waals surface area (Å²) >= 11 is 0. The summed E-state index contributed by atoms with van der Waals surface area (Å²) in [5.41, 5.74) is 0. The van der Waals surface area contributed by atoms with E-state index in [-0.39, 0.29) is 19.4 Å². The third-order valence-electron chi connectivity index (χ3n) is 16.1. The number of aliphatic hydroxyl groups is 5. The van der Waals surface area contributed by atoms with E-state index in [1.807, 2.05) is 6.08 Å². The van der Waals surface area contributed by atoms with E-state index in [2.05, 4.69) is 86.8 Å². The summed E-state index contributed by atoms with van der Waals surface area (Å²) in [7, 11) is 0. The maximum Gasteiger partial charge on any atom is 0.306 e. The predicted octanol–water partition coefficient (Wildman–Crippen LogP) is 17.5. The number of carbonyl (C=O) groups excluding carboxylic acids is 2. The van der Waals surface area contributed by atoms with Gasteiger partial charge in [-0.05, 0) is 96.3 Å². The Morgan fingerprint density at radius 2 is 0.831 bits per heavy atom. The highest BCUT2D eigenvalue weighted by atomic mass is 16.7. The number of allylic oxidation sites excluding steroid dienone is 11. The summed E-state index contributed by atoms with van der Waals surface area (Å²) < 4.78 is 17.7. The van der Waals surface area contributed by atoms with Crippen molar-refractivity contribution in [3.8, 4) is 0 Å². The average molecular weight is 1170 g/mol. The Morgan fingerprint density at radius 3 is 1.27 bits per heavy atom. The second kappa shape index (κ2) is 59.4. The highest BCUT2D eigenvalue weighted by molar-refractivity contribution is 5.80. The van der Waals surface area contributed by atoms with E-state index in [1.54, 1.807) is 6.08 Å². The van der Waals surface area contributed by atoms with Crippen LogP contribution in [0.1, 0.15) is 310 Å². The fourth-order valence-electron chi connectivity index (χ4n) is 10.6. The minimum absolute atomic E-state index is 0.121. The van der Waals surface area contributed by atoms with Gasteiger partial charge in [0.2, 0.25) is 5.91 Å². The Kier molecular flexibility index (Phi) is 55.9. The molecule has 1 amide bonds. The molecule has 1 rings (SSSR count). The van der Waals surface area contributed by atoms with Gasteiger partial charge in [-0.15, -0.1) is 0 Å². The molecular formula is C72H129NO10. The number of rotatable bonds is 59. The normalized spacial score (nSPS) is 19.0. The monoisotopic (exact) mass is 1170 g/mol. The number of unbranched alkanes of at least 4 members (excludes halogenated alkanes) is 35. The van der Waals surface area contributed by atoms with Crippen molar-refractivity contribution >= 4 is 11.9 Å². The maximum atomic E-state index is 13.4. The van der Waals surface area contributed by atoms with Crippen LogP contribution in [0.25, 0.3) is 0 Å². The molecule has 0 saturated carbocycles. The third kappa shape index (κ3) is 46.9. The largest absolute Gasteiger partial charge is 0.454 e. The minimum Gasteiger partial charge on any atom is -0.454 e. The molecule has 0 aliphatic carbocycles. The lowest BCUT2D eigenvalue weighted by Crippen LogP contribution is -2.61. The topological polar surface area (TPSA) is 175 Å². The van der Waals surface area contributed by atoms with Gasteiger partial charge in [-0.1, -0.05) is 280 Å². The third-order valence-corrected chi connectivity index (χ3v) is 16.1. The van der Waals surface area contributed by atoms with Gasteiger partial charge in [0, 0.05) is 6.42 Å². The average Bonchev–Trinajstić information content (AvgIpc) is 3.68. The lowest BCUT2D eigenvalue weighted by Gasteiger charge is -2.41. The molecule has 1 aliphatic heterocycles. The number of nitrogens with one attached hydrogen (secondary N) is 1. The Morgan fingerprint density at radius 1 is 0.470 bits per heavy atom. The molecule has 0 aromatic rings. The lowest BCUT2D eigenvalue weighted by molar-refractivity contribution is -0.305. The second-order valence-corrected chi connectivity index (χ2v) is 23.9. The molecule has 11 nitrogen and oxygen atoms in total. The summed E-state index contributed by atoms with van der Waals surface area (Å²) in [6, 6.07) is -1.03. The molecule has 8 atom stereocenters. The van der Waals surface area contributed by atoms with Gasteiger partial charge in [-0.2, -0.15) is 0 Å². The molecule has 0 aromatic heterocycles. The first-order valence-corrected chi connectivity index (χ1v) is 34.7. The zero-order chi connectivity index (χ0) is 60.3. The summed E-state index contributed by atoms with van der Waals surface area (Å²) in [5.74, 6) is -1.20. The summed E-state index contributed by atoms with van der Waals surface area (Å²) in [5, 5.41) is 57.1. The van der Waals surface area contributed by atoms with E-state index >= 15 is 0 Å². The Balaban J connectivity index is 2.54. The molecule has 6 N–H and O–H groups in total. The Labute approximate surface area is 509 Å². The molecule has 482 valence electrons. The molecule has 0 spiro atoms. The van der Waals surface area contributed by atoms with Crippen LogP contribution in [0.15, 0.2) is 72.9 Å². The van der Waals surface area contributed by atoms with Crippen LogP contribution in [0, 0.1) is 0 Å². The number of esters is 1. The second-order valence-electron chi connectivity index (χ2n) is 23.9. The first kappa shape index (κ1) is 78.1. The zero-order valence-electron chi connectivity index (χ0n) is 53.6. The van der Waals surface area contributed by atoms with Crippen molar-refractivity contribution in [2.24, 2.45) is 0 Å². The quantitative estimate of drug-likeness (QED) is 0.0195. The number of aliphatic hydroxyl groups excluding tert-OH is 5. The molecule has 0 aromatic carbocycles. The van der Waals surface area contributed by atoms with Gasteiger partial charge in [0.1, 0.15) is 24.4 Å². The van der Waals surface area contributed by atoms with E-state index in [0.29, 0.717) is 12.8 Å². The Hall–Kier alpha value is -2.90. The van der Waals surface area contributed by atoms with Gasteiger partial charge in [-0.3, -0.25) is 9.59 Å². The highest BCUT2D eigenvalue weighted by Crippen LogP contribution is 2.26. The number of hydrogen-bond donors (Lipinski definition) is 6. The molecule has 8 unspecified atom stereocenters. The van der Waals surface area contributed by atoms with Gasteiger partial charge in [-0.25, -0.2) is 0 Å². The van der Waals surface area contributed by atoms with Crippen molar-refractivity contribution in [2.75, 3.05) is 13.2 Å². The molecule has 1 fully saturated rings. The van der Waals surface area contributed by atoms with Crippen LogP contribution in [0.5, 0.6) is 0 Å². The first-order valence-electron chi connectivity index (χ1n) is 34.7. The van der Waals surface area contributed by atoms with Crippen LogP contribution in [0.4, 0.5) is 0 Å². The van der Waals surface area contributed by atoms with Crippen LogP contribution in [0.2, 0.25) is 0 Å².